The second kappa shape index (κ2) is 5.04. The fourth-order valence-corrected chi connectivity index (χ4v) is 3.66. The van der Waals surface area contributed by atoms with E-state index >= 15 is 0 Å². The minimum Gasteiger partial charge on any atom is -0.454 e. The molecular formula is C15H14N2O3S. The Balaban J connectivity index is 1.54. The van der Waals surface area contributed by atoms with E-state index in [1.807, 2.05) is 0 Å². The topological polar surface area (TPSA) is 60.5 Å². The minimum atomic E-state index is -0.167. The molecule has 0 spiro atoms. The van der Waals surface area contributed by atoms with Crippen molar-refractivity contribution in [2.24, 2.45) is 0 Å². The molecule has 4 rings (SSSR count). The van der Waals surface area contributed by atoms with E-state index < -0.39 is 0 Å². The molecule has 5 nitrogen and oxygen atoms in total. The molecule has 1 aromatic carbocycles. The quantitative estimate of drug-likeness (QED) is 0.926. The molecule has 0 radical (unpaired) electrons. The van der Waals surface area contributed by atoms with E-state index in [0.717, 1.165) is 18.5 Å². The molecular weight excluding hydrogens is 288 g/mol. The average Bonchev–Trinajstić information content (AvgIpc) is 3.11. The third kappa shape index (κ3) is 2.35. The van der Waals surface area contributed by atoms with Crippen molar-refractivity contribution in [3.8, 4) is 11.5 Å². The van der Waals surface area contributed by atoms with E-state index in [2.05, 4.69) is 10.3 Å². The third-order valence-electron chi connectivity index (χ3n) is 3.70. The Morgan fingerprint density at radius 1 is 1.19 bits per heavy atom. The monoisotopic (exact) mass is 302 g/mol. The van der Waals surface area contributed by atoms with E-state index in [1.165, 1.54) is 17.7 Å². The highest BCUT2D eigenvalue weighted by atomic mass is 32.1. The molecule has 0 atom stereocenters. The zero-order valence-corrected chi connectivity index (χ0v) is 12.2. The van der Waals surface area contributed by atoms with Crippen LogP contribution < -0.4 is 14.8 Å². The van der Waals surface area contributed by atoms with Gasteiger partial charge in [-0.15, -0.1) is 11.3 Å². The summed E-state index contributed by atoms with van der Waals surface area (Å²) in [5.41, 5.74) is 1.69. The summed E-state index contributed by atoms with van der Waals surface area (Å²) in [6, 6.07) is 5.19. The highest BCUT2D eigenvalue weighted by molar-refractivity contribution is 7.15. The van der Waals surface area contributed by atoms with Gasteiger partial charge in [-0.05, 0) is 43.9 Å². The van der Waals surface area contributed by atoms with Crippen LogP contribution in [-0.4, -0.2) is 17.7 Å². The fourth-order valence-electron chi connectivity index (χ4n) is 2.61. The number of carbonyl (C=O) groups excluding carboxylic acids is 1. The summed E-state index contributed by atoms with van der Waals surface area (Å²) in [4.78, 5) is 18.1. The van der Waals surface area contributed by atoms with Crippen LogP contribution in [0, 0.1) is 0 Å². The summed E-state index contributed by atoms with van der Waals surface area (Å²) < 4.78 is 10.5. The standard InChI is InChI=1S/C15H14N2O3S/c18-14(9-5-6-11-12(7-9)20-8-19-11)17-15-16-10-3-1-2-4-13(10)21-15/h5-7H,1-4,8H2,(H,16,17,18). The molecule has 1 aliphatic heterocycles. The van der Waals surface area contributed by atoms with Gasteiger partial charge in [0.25, 0.3) is 5.91 Å². The highest BCUT2D eigenvalue weighted by Crippen LogP contribution is 2.33. The number of aromatic nitrogens is 1. The van der Waals surface area contributed by atoms with Gasteiger partial charge in [-0.1, -0.05) is 0 Å². The lowest BCUT2D eigenvalue weighted by molar-refractivity contribution is 0.102. The van der Waals surface area contributed by atoms with Crippen LogP contribution in [0.3, 0.4) is 0 Å². The molecule has 2 heterocycles. The van der Waals surface area contributed by atoms with Crippen molar-refractivity contribution in [3.63, 3.8) is 0 Å². The number of hydrogen-bond donors (Lipinski definition) is 1. The number of fused-ring (bicyclic) bond motifs is 2. The van der Waals surface area contributed by atoms with E-state index in [4.69, 9.17) is 9.47 Å². The van der Waals surface area contributed by atoms with Gasteiger partial charge in [0.15, 0.2) is 16.6 Å². The molecule has 21 heavy (non-hydrogen) atoms. The number of hydrogen-bond acceptors (Lipinski definition) is 5. The van der Waals surface area contributed by atoms with Crippen molar-refractivity contribution in [2.45, 2.75) is 25.7 Å². The molecule has 1 amide bonds. The summed E-state index contributed by atoms with van der Waals surface area (Å²) in [6.45, 7) is 0.208. The Labute approximate surface area is 125 Å². The summed E-state index contributed by atoms with van der Waals surface area (Å²) in [6.07, 6.45) is 4.50. The van der Waals surface area contributed by atoms with Crippen LogP contribution in [0.2, 0.25) is 0 Å². The van der Waals surface area contributed by atoms with Gasteiger partial charge < -0.3 is 9.47 Å². The van der Waals surface area contributed by atoms with Crippen molar-refractivity contribution in [1.82, 2.24) is 4.98 Å². The van der Waals surface area contributed by atoms with Crippen molar-refractivity contribution >= 4 is 22.4 Å². The maximum absolute atomic E-state index is 12.3. The number of nitrogens with zero attached hydrogens (tertiary/aromatic N) is 1. The van der Waals surface area contributed by atoms with Crippen LogP contribution in [0.25, 0.3) is 0 Å². The Kier molecular flexibility index (Phi) is 3.03. The predicted octanol–water partition coefficient (Wildman–Crippen LogP) is 3.00. The molecule has 0 unspecified atom stereocenters. The number of benzene rings is 1. The van der Waals surface area contributed by atoms with Gasteiger partial charge in [-0.2, -0.15) is 0 Å². The maximum atomic E-state index is 12.3. The van der Waals surface area contributed by atoms with Gasteiger partial charge >= 0.3 is 0 Å². The SMILES string of the molecule is O=C(Nc1nc2c(s1)CCCC2)c1ccc2c(c1)OCO2. The van der Waals surface area contributed by atoms with Gasteiger partial charge in [0.2, 0.25) is 6.79 Å². The molecule has 2 aliphatic rings. The predicted molar refractivity (Wildman–Crippen MR) is 79.3 cm³/mol. The normalized spacial score (nSPS) is 15.6. The zero-order chi connectivity index (χ0) is 14.2. The second-order valence-electron chi connectivity index (χ2n) is 5.12. The van der Waals surface area contributed by atoms with Gasteiger partial charge in [0.05, 0.1) is 5.69 Å². The van der Waals surface area contributed by atoms with Gasteiger partial charge in [0.1, 0.15) is 0 Å². The Morgan fingerprint density at radius 2 is 2.05 bits per heavy atom. The number of nitrogens with one attached hydrogen (secondary N) is 1. The van der Waals surface area contributed by atoms with Crippen molar-refractivity contribution in [1.29, 1.82) is 0 Å². The first-order valence-corrected chi connectivity index (χ1v) is 7.81. The molecule has 6 heteroatoms. The fraction of sp³-hybridized carbons (Fsp3) is 0.333. The number of amides is 1. The number of carbonyl (C=O) groups is 1. The second-order valence-corrected chi connectivity index (χ2v) is 6.20. The van der Waals surface area contributed by atoms with Gasteiger partial charge in [0, 0.05) is 10.4 Å². The number of thiazole rings is 1. The molecule has 0 saturated carbocycles. The number of aryl methyl sites for hydroxylation is 2. The lowest BCUT2D eigenvalue weighted by atomic mass is 10.0. The van der Waals surface area contributed by atoms with Gasteiger partial charge in [-0.3, -0.25) is 10.1 Å². The van der Waals surface area contributed by atoms with Crippen LogP contribution >= 0.6 is 11.3 Å². The first kappa shape index (κ1) is 12.6. The minimum absolute atomic E-state index is 0.167. The van der Waals surface area contributed by atoms with E-state index in [0.29, 0.717) is 22.2 Å². The first-order chi connectivity index (χ1) is 10.3. The van der Waals surface area contributed by atoms with Crippen LogP contribution in [0.1, 0.15) is 33.8 Å². The van der Waals surface area contributed by atoms with Crippen LogP contribution in [0.15, 0.2) is 18.2 Å². The molecule has 0 saturated heterocycles. The summed E-state index contributed by atoms with van der Waals surface area (Å²) in [5.74, 6) is 1.12. The number of anilines is 1. The largest absolute Gasteiger partial charge is 0.454 e. The summed E-state index contributed by atoms with van der Waals surface area (Å²) in [7, 11) is 0. The zero-order valence-electron chi connectivity index (χ0n) is 11.3. The summed E-state index contributed by atoms with van der Waals surface area (Å²) in [5, 5.41) is 3.56. The molecule has 1 aliphatic carbocycles. The Hall–Kier alpha value is -2.08. The van der Waals surface area contributed by atoms with E-state index in [9.17, 15) is 4.79 Å². The molecule has 108 valence electrons. The molecule has 2 aromatic rings. The lowest BCUT2D eigenvalue weighted by Crippen LogP contribution is -2.11. The molecule has 0 bridgehead atoms. The van der Waals surface area contributed by atoms with Crippen LogP contribution in [0.4, 0.5) is 5.13 Å². The Bertz CT molecular complexity index is 687. The Morgan fingerprint density at radius 3 is 2.95 bits per heavy atom. The lowest BCUT2D eigenvalue weighted by Gasteiger charge is -2.06. The third-order valence-corrected chi connectivity index (χ3v) is 4.77. The van der Waals surface area contributed by atoms with Crippen molar-refractivity contribution < 1.29 is 14.3 Å². The summed E-state index contributed by atoms with van der Waals surface area (Å²) >= 11 is 1.58. The van der Waals surface area contributed by atoms with Gasteiger partial charge in [-0.25, -0.2) is 4.98 Å². The molecule has 1 N–H and O–H groups in total. The highest BCUT2D eigenvalue weighted by Gasteiger charge is 2.19. The number of ether oxygens (including phenoxy) is 2. The average molecular weight is 302 g/mol. The van der Waals surface area contributed by atoms with Crippen molar-refractivity contribution in [2.75, 3.05) is 12.1 Å². The molecule has 1 aromatic heterocycles. The van der Waals surface area contributed by atoms with E-state index in [-0.39, 0.29) is 12.7 Å². The first-order valence-electron chi connectivity index (χ1n) is 6.99. The smallest absolute Gasteiger partial charge is 0.257 e. The van der Waals surface area contributed by atoms with Crippen LogP contribution in [0.5, 0.6) is 11.5 Å². The van der Waals surface area contributed by atoms with Crippen LogP contribution in [-0.2, 0) is 12.8 Å². The molecule has 0 fully saturated rings. The van der Waals surface area contributed by atoms with Crippen molar-refractivity contribution in [3.05, 3.63) is 34.3 Å². The maximum Gasteiger partial charge on any atom is 0.257 e. The number of rotatable bonds is 2. The van der Waals surface area contributed by atoms with E-state index in [1.54, 1.807) is 29.5 Å².